The highest BCUT2D eigenvalue weighted by molar-refractivity contribution is 5.95. The molecule has 1 aliphatic rings. The molecule has 6 nitrogen and oxygen atoms in total. The monoisotopic (exact) mass is 366 g/mol. The maximum absolute atomic E-state index is 12.6. The number of amides is 2. The van der Waals surface area contributed by atoms with E-state index in [1.54, 1.807) is 12.3 Å². The molecule has 1 aromatic heterocycles. The number of carbonyl (C=O) groups excluding carboxylic acids is 2. The minimum atomic E-state index is -0.232. The van der Waals surface area contributed by atoms with E-state index < -0.39 is 0 Å². The first kappa shape index (κ1) is 19.0. The number of anilines is 2. The van der Waals surface area contributed by atoms with Crippen LogP contribution in [0.15, 0.2) is 48.7 Å². The Morgan fingerprint density at radius 3 is 2.44 bits per heavy atom. The molecule has 2 aromatic rings. The van der Waals surface area contributed by atoms with Crippen molar-refractivity contribution < 1.29 is 9.59 Å². The quantitative estimate of drug-likeness (QED) is 0.853. The number of piperidine rings is 1. The molecule has 0 bridgehead atoms. The van der Waals surface area contributed by atoms with Gasteiger partial charge >= 0.3 is 0 Å². The summed E-state index contributed by atoms with van der Waals surface area (Å²) in [5, 5.41) is 5.88. The number of nitrogens with zero attached hydrogens (tertiary/aromatic N) is 2. The Labute approximate surface area is 160 Å². The zero-order valence-corrected chi connectivity index (χ0v) is 15.8. The van der Waals surface area contributed by atoms with Gasteiger partial charge in [-0.05, 0) is 63.5 Å². The van der Waals surface area contributed by atoms with E-state index in [0.717, 1.165) is 37.2 Å². The van der Waals surface area contributed by atoms with Gasteiger partial charge in [0.2, 0.25) is 11.8 Å². The zero-order chi connectivity index (χ0) is 19.2. The Morgan fingerprint density at radius 1 is 1.07 bits per heavy atom. The molecule has 3 rings (SSSR count). The van der Waals surface area contributed by atoms with Crippen molar-refractivity contribution in [2.45, 2.75) is 32.7 Å². The van der Waals surface area contributed by atoms with Crippen LogP contribution in [0.3, 0.4) is 0 Å². The number of hydrogen-bond acceptors (Lipinski definition) is 4. The van der Waals surface area contributed by atoms with Crippen molar-refractivity contribution in [1.29, 1.82) is 0 Å². The number of benzene rings is 1. The summed E-state index contributed by atoms with van der Waals surface area (Å²) in [4.78, 5) is 31.3. The smallest absolute Gasteiger partial charge is 0.241 e. The highest BCUT2D eigenvalue weighted by atomic mass is 16.2. The minimum Gasteiger partial charge on any atom is -0.324 e. The minimum absolute atomic E-state index is 0.00497. The summed E-state index contributed by atoms with van der Waals surface area (Å²) >= 11 is 0. The lowest BCUT2D eigenvalue weighted by Gasteiger charge is -2.34. The summed E-state index contributed by atoms with van der Waals surface area (Å²) in [5.74, 6) is 0.525. The number of para-hydroxylation sites is 1. The second-order valence-electron chi connectivity index (χ2n) is 6.99. The highest BCUT2D eigenvalue weighted by Gasteiger charge is 2.30. The molecule has 2 amide bonds. The first-order valence-corrected chi connectivity index (χ1v) is 9.37. The molecule has 0 saturated carbocycles. The van der Waals surface area contributed by atoms with Gasteiger partial charge < -0.3 is 10.6 Å². The van der Waals surface area contributed by atoms with Crippen molar-refractivity contribution in [3.8, 4) is 0 Å². The van der Waals surface area contributed by atoms with Gasteiger partial charge in [-0.3, -0.25) is 14.5 Å². The van der Waals surface area contributed by atoms with E-state index in [-0.39, 0.29) is 23.8 Å². The molecule has 2 heterocycles. The molecule has 1 atom stereocenters. The van der Waals surface area contributed by atoms with Crippen molar-refractivity contribution in [2.24, 2.45) is 5.92 Å². The molecule has 6 heteroatoms. The molecule has 0 spiro atoms. The fourth-order valence-electron chi connectivity index (χ4n) is 3.33. The van der Waals surface area contributed by atoms with Crippen LogP contribution in [0.25, 0.3) is 0 Å². The first-order chi connectivity index (χ1) is 13.0. The third-order valence-corrected chi connectivity index (χ3v) is 5.15. The topological polar surface area (TPSA) is 74.3 Å². The summed E-state index contributed by atoms with van der Waals surface area (Å²) in [6.07, 6.45) is 3.13. The SMILES string of the molecule is Cc1ccccc1NC(=O)C(C)N1CCC(C(=O)Nc2ccccn2)CC1. The van der Waals surface area contributed by atoms with E-state index in [2.05, 4.69) is 20.5 Å². The van der Waals surface area contributed by atoms with Crippen LogP contribution in [0, 0.1) is 12.8 Å². The average molecular weight is 366 g/mol. The van der Waals surface area contributed by atoms with Gasteiger partial charge in [0.15, 0.2) is 0 Å². The number of aromatic nitrogens is 1. The van der Waals surface area contributed by atoms with Gasteiger partial charge in [0.25, 0.3) is 0 Å². The maximum atomic E-state index is 12.6. The summed E-state index contributed by atoms with van der Waals surface area (Å²) in [5.41, 5.74) is 1.89. The molecule has 27 heavy (non-hydrogen) atoms. The number of aryl methyl sites for hydroxylation is 1. The van der Waals surface area contributed by atoms with E-state index in [1.807, 2.05) is 50.2 Å². The van der Waals surface area contributed by atoms with Gasteiger partial charge in [-0.2, -0.15) is 0 Å². The van der Waals surface area contributed by atoms with Crippen molar-refractivity contribution in [1.82, 2.24) is 9.88 Å². The van der Waals surface area contributed by atoms with Gasteiger partial charge in [0.05, 0.1) is 6.04 Å². The normalized spacial score (nSPS) is 16.5. The number of likely N-dealkylation sites (tertiary alicyclic amines) is 1. The molecular weight excluding hydrogens is 340 g/mol. The van der Waals surface area contributed by atoms with Crippen LogP contribution in [-0.4, -0.2) is 40.8 Å². The van der Waals surface area contributed by atoms with E-state index in [4.69, 9.17) is 0 Å². The molecule has 0 aliphatic carbocycles. The molecule has 1 saturated heterocycles. The van der Waals surface area contributed by atoms with E-state index in [1.165, 1.54) is 0 Å². The molecule has 0 radical (unpaired) electrons. The molecule has 1 aromatic carbocycles. The lowest BCUT2D eigenvalue weighted by molar-refractivity contribution is -0.123. The number of rotatable bonds is 5. The van der Waals surface area contributed by atoms with Gasteiger partial charge in [-0.1, -0.05) is 24.3 Å². The predicted octanol–water partition coefficient (Wildman–Crippen LogP) is 3.07. The predicted molar refractivity (Wildman–Crippen MR) is 106 cm³/mol. The number of pyridine rings is 1. The van der Waals surface area contributed by atoms with Gasteiger partial charge in [0, 0.05) is 17.8 Å². The van der Waals surface area contributed by atoms with Crippen LogP contribution >= 0.6 is 0 Å². The van der Waals surface area contributed by atoms with Crippen molar-refractivity contribution in [3.05, 3.63) is 54.2 Å². The fraction of sp³-hybridized carbons (Fsp3) is 0.381. The molecule has 2 N–H and O–H groups in total. The van der Waals surface area contributed by atoms with E-state index in [0.29, 0.717) is 5.82 Å². The standard InChI is InChI=1S/C21H26N4O2/c1-15-7-3-4-8-18(15)23-20(26)16(2)25-13-10-17(11-14-25)21(27)24-19-9-5-6-12-22-19/h3-9,12,16-17H,10-11,13-14H2,1-2H3,(H,23,26)(H,22,24,27). The Hall–Kier alpha value is -2.73. The Bertz CT molecular complexity index is 786. The van der Waals surface area contributed by atoms with Gasteiger partial charge in [0.1, 0.15) is 5.82 Å². The van der Waals surface area contributed by atoms with Gasteiger partial charge in [-0.15, -0.1) is 0 Å². The van der Waals surface area contributed by atoms with Crippen molar-refractivity contribution in [3.63, 3.8) is 0 Å². The van der Waals surface area contributed by atoms with E-state index in [9.17, 15) is 9.59 Å². The fourth-order valence-corrected chi connectivity index (χ4v) is 3.33. The molecular formula is C21H26N4O2. The van der Waals surface area contributed by atoms with Crippen LogP contribution in [0.2, 0.25) is 0 Å². The van der Waals surface area contributed by atoms with Crippen molar-refractivity contribution >= 4 is 23.3 Å². The Balaban J connectivity index is 1.50. The first-order valence-electron chi connectivity index (χ1n) is 9.37. The maximum Gasteiger partial charge on any atom is 0.241 e. The average Bonchev–Trinajstić information content (AvgIpc) is 2.70. The number of carbonyl (C=O) groups is 2. The second kappa shape index (κ2) is 8.77. The van der Waals surface area contributed by atoms with Crippen molar-refractivity contribution in [2.75, 3.05) is 23.7 Å². The molecule has 142 valence electrons. The third-order valence-electron chi connectivity index (χ3n) is 5.15. The van der Waals surface area contributed by atoms with Gasteiger partial charge in [-0.25, -0.2) is 4.98 Å². The summed E-state index contributed by atoms with van der Waals surface area (Å²) in [6.45, 7) is 5.35. The van der Waals surface area contributed by atoms with E-state index >= 15 is 0 Å². The second-order valence-corrected chi connectivity index (χ2v) is 6.99. The zero-order valence-electron chi connectivity index (χ0n) is 15.8. The Morgan fingerprint density at radius 2 is 1.78 bits per heavy atom. The van der Waals surface area contributed by atoms with Crippen LogP contribution in [0.5, 0.6) is 0 Å². The number of hydrogen-bond donors (Lipinski definition) is 2. The lowest BCUT2D eigenvalue weighted by Crippen LogP contribution is -2.47. The molecule has 1 fully saturated rings. The highest BCUT2D eigenvalue weighted by Crippen LogP contribution is 2.21. The van der Waals surface area contributed by atoms with Crippen LogP contribution in [0.1, 0.15) is 25.3 Å². The molecule has 1 aliphatic heterocycles. The van der Waals surface area contributed by atoms with Crippen LogP contribution in [-0.2, 0) is 9.59 Å². The third kappa shape index (κ3) is 4.92. The summed E-state index contributed by atoms with van der Waals surface area (Å²) < 4.78 is 0. The Kier molecular flexibility index (Phi) is 6.19. The van der Waals surface area contributed by atoms with Crippen LogP contribution in [0.4, 0.5) is 11.5 Å². The largest absolute Gasteiger partial charge is 0.324 e. The number of nitrogens with one attached hydrogen (secondary N) is 2. The summed E-state index contributed by atoms with van der Waals surface area (Å²) in [7, 11) is 0. The van der Waals surface area contributed by atoms with Crippen LogP contribution < -0.4 is 10.6 Å². The molecule has 1 unspecified atom stereocenters. The summed E-state index contributed by atoms with van der Waals surface area (Å²) in [6, 6.07) is 13.0. The lowest BCUT2D eigenvalue weighted by atomic mass is 9.95.